The first kappa shape index (κ1) is 14.8. The van der Waals surface area contributed by atoms with Crippen molar-refractivity contribution in [1.82, 2.24) is 4.57 Å². The molecule has 0 radical (unpaired) electrons. The van der Waals surface area contributed by atoms with Crippen LogP contribution in [-0.2, 0) is 14.1 Å². The summed E-state index contributed by atoms with van der Waals surface area (Å²) in [6.45, 7) is 0. The first-order valence-corrected chi connectivity index (χ1v) is 6.73. The van der Waals surface area contributed by atoms with Crippen LogP contribution in [0.2, 0.25) is 0 Å². The van der Waals surface area contributed by atoms with Crippen molar-refractivity contribution in [2.75, 3.05) is 0 Å². The molecule has 0 amide bonds. The monoisotopic (exact) mass is 292 g/mol. The fourth-order valence-corrected chi connectivity index (χ4v) is 1.44. The van der Waals surface area contributed by atoms with Crippen molar-refractivity contribution in [3.63, 3.8) is 0 Å². The molecule has 2 nitrogen and oxygen atoms in total. The zero-order valence-electron chi connectivity index (χ0n) is 9.50. The molecule has 0 bridgehead atoms. The van der Waals surface area contributed by atoms with Gasteiger partial charge >= 0.3 is 33.0 Å². The summed E-state index contributed by atoms with van der Waals surface area (Å²) in [6.07, 6.45) is 2.07. The van der Waals surface area contributed by atoms with Crippen LogP contribution in [0.3, 0.4) is 0 Å². The van der Waals surface area contributed by atoms with Crippen LogP contribution < -0.4 is 4.57 Å². The molecule has 0 aliphatic heterocycles. The second-order valence-corrected chi connectivity index (χ2v) is 5.70. The molecule has 2 rings (SSSR count). The summed E-state index contributed by atoms with van der Waals surface area (Å²) in [7, 11) is -6.54. The Morgan fingerprint density at radius 3 is 1.89 bits per heavy atom. The molecule has 0 atom stereocenters. The van der Waals surface area contributed by atoms with E-state index in [1.807, 2.05) is 0 Å². The number of benzene rings is 1. The van der Waals surface area contributed by atoms with E-state index in [1.165, 1.54) is 11.0 Å². The van der Waals surface area contributed by atoms with Crippen molar-refractivity contribution in [2.45, 2.75) is 0 Å². The molecular formula is C9H11F6N2P. The van der Waals surface area contributed by atoms with Crippen LogP contribution in [0.4, 0.5) is 25.2 Å². The van der Waals surface area contributed by atoms with E-state index in [9.17, 15) is 25.2 Å². The first-order chi connectivity index (χ1) is 7.74. The average Bonchev–Trinajstić information content (AvgIpc) is 2.39. The van der Waals surface area contributed by atoms with Gasteiger partial charge in [-0.25, -0.2) is 9.13 Å². The molecule has 18 heavy (non-hydrogen) atoms. The molecule has 0 aliphatic rings. The van der Waals surface area contributed by atoms with Crippen molar-refractivity contribution in [2.24, 2.45) is 14.1 Å². The van der Waals surface area contributed by atoms with Crippen LogP contribution in [0.1, 0.15) is 0 Å². The van der Waals surface area contributed by atoms with E-state index in [0.29, 0.717) is 0 Å². The molecule has 1 aromatic heterocycles. The molecule has 0 spiro atoms. The molecule has 1 heterocycles. The van der Waals surface area contributed by atoms with Gasteiger partial charge in [-0.3, -0.25) is 0 Å². The molecule has 0 saturated heterocycles. The Bertz CT molecular complexity index is 524. The van der Waals surface area contributed by atoms with Crippen LogP contribution >= 0.6 is 7.81 Å². The van der Waals surface area contributed by atoms with E-state index in [1.54, 1.807) is 0 Å². The van der Waals surface area contributed by atoms with E-state index in [0.717, 1.165) is 0 Å². The van der Waals surface area contributed by atoms with Gasteiger partial charge in [-0.2, -0.15) is 0 Å². The summed E-state index contributed by atoms with van der Waals surface area (Å²) in [5.74, 6) is 0. The standard InChI is InChI=1S/C9H11N2.F6P/c1-10-7-11(2)9-6-4-3-5-8(9)10;1-7(2,3,4,5)6/h3-7H,1-2H3;/q+1;-1. The molecule has 0 aliphatic carbocycles. The number of aryl methyl sites for hydroxylation is 2. The number of aromatic nitrogens is 2. The third-order valence-electron chi connectivity index (χ3n) is 1.99. The van der Waals surface area contributed by atoms with E-state index in [4.69, 9.17) is 0 Å². The molecule has 1 aromatic carbocycles. The number of rotatable bonds is 0. The van der Waals surface area contributed by atoms with Gasteiger partial charge in [-0.15, -0.1) is 0 Å². The third-order valence-corrected chi connectivity index (χ3v) is 1.99. The van der Waals surface area contributed by atoms with Gasteiger partial charge in [-0.05, 0) is 12.1 Å². The van der Waals surface area contributed by atoms with Crippen LogP contribution in [0.25, 0.3) is 11.0 Å². The van der Waals surface area contributed by atoms with Gasteiger partial charge in [0.1, 0.15) is 0 Å². The van der Waals surface area contributed by atoms with E-state index in [2.05, 4.69) is 53.8 Å². The molecule has 0 fully saturated rings. The second kappa shape index (κ2) is 3.60. The average molecular weight is 292 g/mol. The Morgan fingerprint density at radius 2 is 1.44 bits per heavy atom. The van der Waals surface area contributed by atoms with Crippen molar-refractivity contribution < 1.29 is 29.7 Å². The minimum atomic E-state index is -10.7. The van der Waals surface area contributed by atoms with E-state index in [-0.39, 0.29) is 0 Å². The van der Waals surface area contributed by atoms with Crippen molar-refractivity contribution in [3.05, 3.63) is 30.6 Å². The van der Waals surface area contributed by atoms with Crippen LogP contribution in [0.15, 0.2) is 30.6 Å². The minimum absolute atomic E-state index is 1.27. The summed E-state index contributed by atoms with van der Waals surface area (Å²) in [5, 5.41) is 0. The molecule has 0 saturated carbocycles. The maximum atomic E-state index is 9.87. The Kier molecular flexibility index (Phi) is 2.95. The van der Waals surface area contributed by atoms with Gasteiger partial charge in [0, 0.05) is 0 Å². The summed E-state index contributed by atoms with van der Waals surface area (Å²) in [6, 6.07) is 8.36. The van der Waals surface area contributed by atoms with E-state index < -0.39 is 7.81 Å². The summed E-state index contributed by atoms with van der Waals surface area (Å²) >= 11 is 0. The van der Waals surface area contributed by atoms with Gasteiger partial charge in [0.15, 0.2) is 11.0 Å². The van der Waals surface area contributed by atoms with Gasteiger partial charge in [0.05, 0.1) is 14.1 Å². The normalized spacial score (nSPS) is 15.6. The van der Waals surface area contributed by atoms with Gasteiger partial charge in [-0.1, -0.05) is 12.1 Å². The third kappa shape index (κ3) is 5.86. The first-order valence-electron chi connectivity index (χ1n) is 4.70. The van der Waals surface area contributed by atoms with Gasteiger partial charge in [0.25, 0.3) is 0 Å². The van der Waals surface area contributed by atoms with E-state index >= 15 is 0 Å². The van der Waals surface area contributed by atoms with Crippen LogP contribution in [0, 0.1) is 0 Å². The topological polar surface area (TPSA) is 8.81 Å². The number of hydrogen-bond acceptors (Lipinski definition) is 0. The Hall–Kier alpha value is -1.30. The quantitative estimate of drug-likeness (QED) is 0.387. The summed E-state index contributed by atoms with van der Waals surface area (Å²) in [4.78, 5) is 0. The van der Waals surface area contributed by atoms with Crippen molar-refractivity contribution in [3.8, 4) is 0 Å². The SMILES string of the molecule is Cn1c[n+](C)c2ccccc21.F[P-](F)(F)(F)(F)F. The molecule has 9 heteroatoms. The van der Waals surface area contributed by atoms with Gasteiger partial charge < -0.3 is 0 Å². The number of fused-ring (bicyclic) bond motifs is 1. The molecular weight excluding hydrogens is 281 g/mol. The molecule has 0 N–H and O–H groups in total. The molecule has 2 aromatic rings. The number of para-hydroxylation sites is 2. The zero-order valence-corrected chi connectivity index (χ0v) is 10.4. The number of halogens is 6. The zero-order chi connectivity index (χ0) is 14.3. The molecule has 0 unspecified atom stereocenters. The Balaban J connectivity index is 0.000000203. The van der Waals surface area contributed by atoms with Crippen LogP contribution in [0.5, 0.6) is 0 Å². The fourth-order valence-electron chi connectivity index (χ4n) is 1.44. The Morgan fingerprint density at radius 1 is 1.00 bits per heavy atom. The maximum absolute atomic E-state index is 10.7. The summed E-state index contributed by atoms with van der Waals surface area (Å²) < 4.78 is 63.4. The molecule has 104 valence electrons. The Labute approximate surface area is 98.7 Å². The second-order valence-electron chi connectivity index (χ2n) is 3.78. The van der Waals surface area contributed by atoms with Crippen molar-refractivity contribution in [1.29, 1.82) is 0 Å². The number of imidazole rings is 1. The van der Waals surface area contributed by atoms with Gasteiger partial charge in [0.2, 0.25) is 6.33 Å². The predicted octanol–water partition coefficient (Wildman–Crippen LogP) is 4.39. The van der Waals surface area contributed by atoms with Crippen molar-refractivity contribution >= 4 is 18.8 Å². The fraction of sp³-hybridized carbons (Fsp3) is 0.222. The summed E-state index contributed by atoms with van der Waals surface area (Å²) in [5.41, 5.74) is 2.55. The van der Waals surface area contributed by atoms with Crippen LogP contribution in [-0.4, -0.2) is 4.57 Å². The predicted molar refractivity (Wildman–Crippen MR) is 57.7 cm³/mol. The number of nitrogens with zero attached hydrogens (tertiary/aromatic N) is 2. The number of hydrogen-bond donors (Lipinski definition) is 0.